The highest BCUT2D eigenvalue weighted by molar-refractivity contribution is 7.99. The van der Waals surface area contributed by atoms with Crippen LogP contribution in [-0.2, 0) is 0 Å². The van der Waals surface area contributed by atoms with Crippen molar-refractivity contribution in [1.29, 1.82) is 0 Å². The quantitative estimate of drug-likeness (QED) is 0.823. The number of carbonyl (C=O) groups excluding carboxylic acids is 1. The van der Waals surface area contributed by atoms with Crippen molar-refractivity contribution in [3.05, 3.63) is 35.4 Å². The van der Waals surface area contributed by atoms with Crippen molar-refractivity contribution < 1.29 is 4.79 Å². The lowest BCUT2D eigenvalue weighted by atomic mass is 10.0. The van der Waals surface area contributed by atoms with Crippen LogP contribution in [0.1, 0.15) is 41.6 Å². The third-order valence-electron chi connectivity index (χ3n) is 4.52. The van der Waals surface area contributed by atoms with E-state index >= 15 is 0 Å². The van der Waals surface area contributed by atoms with E-state index in [1.54, 1.807) is 0 Å². The number of amides is 1. The molecule has 2 atom stereocenters. The van der Waals surface area contributed by atoms with Gasteiger partial charge in [0.15, 0.2) is 0 Å². The molecular formula is C16H21NOS. The molecule has 3 rings (SSSR count). The summed E-state index contributed by atoms with van der Waals surface area (Å²) in [7, 11) is 0. The van der Waals surface area contributed by atoms with Gasteiger partial charge in [-0.05, 0) is 51.0 Å². The van der Waals surface area contributed by atoms with Crippen LogP contribution in [0.25, 0.3) is 0 Å². The van der Waals surface area contributed by atoms with E-state index in [1.807, 2.05) is 43.0 Å². The van der Waals surface area contributed by atoms with Crippen molar-refractivity contribution >= 4 is 17.7 Å². The van der Waals surface area contributed by atoms with Crippen molar-refractivity contribution in [3.63, 3.8) is 0 Å². The minimum Gasteiger partial charge on any atom is -0.333 e. The number of rotatable bonds is 2. The lowest BCUT2D eigenvalue weighted by molar-refractivity contribution is 0.0601. The van der Waals surface area contributed by atoms with E-state index in [-0.39, 0.29) is 5.91 Å². The van der Waals surface area contributed by atoms with E-state index in [9.17, 15) is 4.79 Å². The maximum atomic E-state index is 12.7. The summed E-state index contributed by atoms with van der Waals surface area (Å²) in [6, 6.07) is 8.95. The first-order chi connectivity index (χ1) is 9.19. The number of nitrogens with zero attached hydrogens (tertiary/aromatic N) is 1. The first kappa shape index (κ1) is 13.0. The number of aryl methyl sites for hydroxylation is 1. The molecule has 2 bridgehead atoms. The Balaban J connectivity index is 1.82. The highest BCUT2D eigenvalue weighted by atomic mass is 32.2. The lowest BCUT2D eigenvalue weighted by Gasteiger charge is -2.38. The Labute approximate surface area is 119 Å². The average Bonchev–Trinajstić information content (AvgIpc) is 2.68. The number of hydrogen-bond acceptors (Lipinski definition) is 2. The molecule has 0 saturated carbocycles. The summed E-state index contributed by atoms with van der Waals surface area (Å²) in [5.74, 6) is 0.246. The fourth-order valence-electron chi connectivity index (χ4n) is 3.58. The Kier molecular flexibility index (Phi) is 3.57. The molecule has 1 aromatic rings. The van der Waals surface area contributed by atoms with Gasteiger partial charge in [0.05, 0.1) is 0 Å². The summed E-state index contributed by atoms with van der Waals surface area (Å²) in [4.78, 5) is 14.9. The van der Waals surface area contributed by atoms with Gasteiger partial charge < -0.3 is 4.90 Å². The molecule has 3 heteroatoms. The van der Waals surface area contributed by atoms with Crippen LogP contribution in [0.4, 0.5) is 0 Å². The monoisotopic (exact) mass is 275 g/mol. The molecule has 19 heavy (non-hydrogen) atoms. The van der Waals surface area contributed by atoms with Crippen molar-refractivity contribution in [1.82, 2.24) is 4.90 Å². The summed E-state index contributed by atoms with van der Waals surface area (Å²) in [5, 5.41) is 0.749. The van der Waals surface area contributed by atoms with Crippen molar-refractivity contribution in [2.75, 3.05) is 6.26 Å². The van der Waals surface area contributed by atoms with Gasteiger partial charge in [0.2, 0.25) is 0 Å². The van der Waals surface area contributed by atoms with E-state index in [2.05, 4.69) is 11.2 Å². The molecule has 1 amide bonds. The summed E-state index contributed by atoms with van der Waals surface area (Å²) < 4.78 is 0. The van der Waals surface area contributed by atoms with Gasteiger partial charge in [-0.3, -0.25) is 4.79 Å². The second-order valence-corrected chi connectivity index (χ2v) is 6.93. The highest BCUT2D eigenvalue weighted by Crippen LogP contribution is 2.40. The largest absolute Gasteiger partial charge is 0.333 e. The molecule has 0 N–H and O–H groups in total. The standard InChI is InChI=1S/C16H21NOS/c1-11-4-3-5-12(8-11)16(18)17-13-6-7-14(17)10-15(9-13)19-2/h3-5,8,13-15H,6-7,9-10H2,1-2H3. The summed E-state index contributed by atoms with van der Waals surface area (Å²) in [5.41, 5.74) is 2.02. The molecule has 2 unspecified atom stereocenters. The van der Waals surface area contributed by atoms with Crippen LogP contribution in [0.3, 0.4) is 0 Å². The Bertz CT molecular complexity index is 473. The summed E-state index contributed by atoms with van der Waals surface area (Å²) in [6.45, 7) is 2.05. The minimum atomic E-state index is 0.246. The molecule has 0 aliphatic carbocycles. The molecule has 0 radical (unpaired) electrons. The van der Waals surface area contributed by atoms with Crippen LogP contribution >= 0.6 is 11.8 Å². The van der Waals surface area contributed by atoms with E-state index in [0.29, 0.717) is 12.1 Å². The molecule has 1 aromatic carbocycles. The normalized spacial score (nSPS) is 29.6. The zero-order valence-electron chi connectivity index (χ0n) is 11.6. The molecule has 2 aliphatic heterocycles. The number of benzene rings is 1. The van der Waals surface area contributed by atoms with Crippen molar-refractivity contribution in [2.24, 2.45) is 0 Å². The van der Waals surface area contributed by atoms with Gasteiger partial charge in [-0.1, -0.05) is 17.7 Å². The molecule has 2 aliphatic rings. The van der Waals surface area contributed by atoms with E-state index in [0.717, 1.165) is 16.4 Å². The maximum absolute atomic E-state index is 12.7. The van der Waals surface area contributed by atoms with E-state index in [4.69, 9.17) is 0 Å². The Morgan fingerprint density at radius 3 is 2.53 bits per heavy atom. The minimum absolute atomic E-state index is 0.246. The predicted molar refractivity (Wildman–Crippen MR) is 80.7 cm³/mol. The first-order valence-electron chi connectivity index (χ1n) is 7.11. The molecule has 0 spiro atoms. The molecule has 102 valence electrons. The van der Waals surface area contributed by atoms with Crippen molar-refractivity contribution in [2.45, 2.75) is 49.9 Å². The van der Waals surface area contributed by atoms with Gasteiger partial charge in [0.1, 0.15) is 0 Å². The third-order valence-corrected chi connectivity index (χ3v) is 5.57. The molecule has 2 fully saturated rings. The molecule has 2 nitrogen and oxygen atoms in total. The summed E-state index contributed by atoms with van der Waals surface area (Å²) in [6.07, 6.45) is 6.94. The molecule has 2 saturated heterocycles. The second kappa shape index (κ2) is 5.20. The zero-order chi connectivity index (χ0) is 13.4. The van der Waals surface area contributed by atoms with Crippen LogP contribution in [0.5, 0.6) is 0 Å². The van der Waals surface area contributed by atoms with Gasteiger partial charge in [-0.15, -0.1) is 0 Å². The maximum Gasteiger partial charge on any atom is 0.254 e. The van der Waals surface area contributed by atoms with Crippen LogP contribution < -0.4 is 0 Å². The third kappa shape index (κ3) is 2.40. The smallest absolute Gasteiger partial charge is 0.254 e. The SMILES string of the molecule is CSC1CC2CCC(C1)N2C(=O)c1cccc(C)c1. The van der Waals surface area contributed by atoms with Gasteiger partial charge in [0, 0.05) is 22.9 Å². The fraction of sp³-hybridized carbons (Fsp3) is 0.562. The van der Waals surface area contributed by atoms with Gasteiger partial charge in [-0.2, -0.15) is 11.8 Å². The molecular weight excluding hydrogens is 254 g/mol. The summed E-state index contributed by atoms with van der Waals surface area (Å²) >= 11 is 1.97. The van der Waals surface area contributed by atoms with E-state index in [1.165, 1.54) is 25.7 Å². The first-order valence-corrected chi connectivity index (χ1v) is 8.40. The number of fused-ring (bicyclic) bond motifs is 2. The number of hydrogen-bond donors (Lipinski definition) is 0. The van der Waals surface area contributed by atoms with Gasteiger partial charge >= 0.3 is 0 Å². The van der Waals surface area contributed by atoms with Crippen LogP contribution in [0.15, 0.2) is 24.3 Å². The fourth-order valence-corrected chi connectivity index (χ4v) is 4.41. The van der Waals surface area contributed by atoms with Crippen molar-refractivity contribution in [3.8, 4) is 0 Å². The number of thioether (sulfide) groups is 1. The highest BCUT2D eigenvalue weighted by Gasteiger charge is 2.43. The lowest BCUT2D eigenvalue weighted by Crippen LogP contribution is -2.47. The van der Waals surface area contributed by atoms with Crippen LogP contribution in [0.2, 0.25) is 0 Å². The zero-order valence-corrected chi connectivity index (χ0v) is 12.5. The van der Waals surface area contributed by atoms with Gasteiger partial charge in [-0.25, -0.2) is 0 Å². The molecule has 2 heterocycles. The molecule has 0 aromatic heterocycles. The Morgan fingerprint density at radius 1 is 1.26 bits per heavy atom. The Hall–Kier alpha value is -0.960. The van der Waals surface area contributed by atoms with E-state index < -0.39 is 0 Å². The predicted octanol–water partition coefficient (Wildman–Crippen LogP) is 3.49. The van der Waals surface area contributed by atoms with Gasteiger partial charge in [0.25, 0.3) is 5.91 Å². The van der Waals surface area contributed by atoms with Crippen LogP contribution in [0, 0.1) is 6.92 Å². The van der Waals surface area contributed by atoms with Crippen LogP contribution in [-0.4, -0.2) is 34.4 Å². The average molecular weight is 275 g/mol. The second-order valence-electron chi connectivity index (χ2n) is 5.80. The topological polar surface area (TPSA) is 20.3 Å². The number of piperidine rings is 1. The number of carbonyl (C=O) groups is 1. The Morgan fingerprint density at radius 2 is 1.95 bits per heavy atom.